The Bertz CT molecular complexity index is 682. The second-order valence-corrected chi connectivity index (χ2v) is 7.07. The number of ether oxygens (including phenoxy) is 1. The molecule has 4 N–H and O–H groups in total. The summed E-state index contributed by atoms with van der Waals surface area (Å²) in [4.78, 5) is 37.9. The zero-order valence-electron chi connectivity index (χ0n) is 16.3. The van der Waals surface area contributed by atoms with Gasteiger partial charge in [0.1, 0.15) is 0 Å². The van der Waals surface area contributed by atoms with Crippen LogP contribution in [0.15, 0.2) is 30.3 Å². The van der Waals surface area contributed by atoms with Gasteiger partial charge >= 0.3 is 5.97 Å². The molecule has 2 amide bonds. The molecule has 0 radical (unpaired) electrons. The summed E-state index contributed by atoms with van der Waals surface area (Å²) in [6.45, 7) is 4.26. The lowest BCUT2D eigenvalue weighted by Gasteiger charge is -2.40. The highest BCUT2D eigenvalue weighted by Crippen LogP contribution is 2.22. The quantitative estimate of drug-likeness (QED) is 0.595. The van der Waals surface area contributed by atoms with Crippen LogP contribution in [0.4, 0.5) is 0 Å². The van der Waals surface area contributed by atoms with E-state index in [1.165, 1.54) is 6.92 Å². The van der Waals surface area contributed by atoms with Crippen molar-refractivity contribution in [2.45, 2.75) is 57.4 Å². The van der Waals surface area contributed by atoms with E-state index < -0.39 is 30.3 Å². The first-order chi connectivity index (χ1) is 13.3. The summed E-state index contributed by atoms with van der Waals surface area (Å²) in [6.07, 6.45) is -0.866. The Hall–Kier alpha value is -2.45. The third kappa shape index (κ3) is 5.77. The summed E-state index contributed by atoms with van der Waals surface area (Å²) in [7, 11) is 0. The van der Waals surface area contributed by atoms with Crippen molar-refractivity contribution >= 4 is 17.8 Å². The van der Waals surface area contributed by atoms with Crippen LogP contribution in [0, 0.1) is 0 Å². The fraction of sp³-hybridized carbons (Fsp3) is 0.550. The smallest absolute Gasteiger partial charge is 0.332 e. The minimum absolute atomic E-state index is 0.0296. The fourth-order valence-corrected chi connectivity index (χ4v) is 3.41. The molecule has 28 heavy (non-hydrogen) atoms. The van der Waals surface area contributed by atoms with Crippen LogP contribution in [0.25, 0.3) is 0 Å². The Morgan fingerprint density at radius 2 is 1.93 bits per heavy atom. The van der Waals surface area contributed by atoms with Crippen molar-refractivity contribution in [1.29, 1.82) is 0 Å². The number of nitrogens with one attached hydrogen (secondary N) is 1. The molecule has 0 spiro atoms. The molecule has 1 aliphatic rings. The van der Waals surface area contributed by atoms with Gasteiger partial charge in [0.25, 0.3) is 5.91 Å². The first kappa shape index (κ1) is 21.8. The third-order valence-electron chi connectivity index (χ3n) is 4.79. The Morgan fingerprint density at radius 1 is 1.25 bits per heavy atom. The molecule has 0 saturated carbocycles. The number of benzene rings is 1. The monoisotopic (exact) mass is 391 g/mol. The first-order valence-electron chi connectivity index (χ1n) is 9.57. The van der Waals surface area contributed by atoms with Gasteiger partial charge in [-0.05, 0) is 18.4 Å². The number of amides is 2. The van der Waals surface area contributed by atoms with E-state index in [0.717, 1.165) is 12.0 Å². The van der Waals surface area contributed by atoms with Crippen LogP contribution in [0.3, 0.4) is 0 Å². The van der Waals surface area contributed by atoms with Gasteiger partial charge in [-0.15, -0.1) is 0 Å². The average Bonchev–Trinajstić information content (AvgIpc) is 2.66. The maximum absolute atomic E-state index is 13.2. The van der Waals surface area contributed by atoms with E-state index in [1.807, 2.05) is 37.3 Å². The second-order valence-electron chi connectivity index (χ2n) is 7.07. The number of carboxylic acid groups (broad SMARTS) is 1. The fourth-order valence-electron chi connectivity index (χ4n) is 3.41. The van der Waals surface area contributed by atoms with Gasteiger partial charge in [0.05, 0.1) is 6.04 Å². The maximum Gasteiger partial charge on any atom is 0.332 e. The molecule has 0 aromatic heterocycles. The highest BCUT2D eigenvalue weighted by atomic mass is 16.5. The van der Waals surface area contributed by atoms with E-state index in [1.54, 1.807) is 4.90 Å². The molecule has 1 aromatic rings. The Labute approximate surface area is 165 Å². The van der Waals surface area contributed by atoms with Crippen molar-refractivity contribution in [2.24, 2.45) is 5.73 Å². The predicted molar refractivity (Wildman–Crippen MR) is 104 cm³/mol. The van der Waals surface area contributed by atoms with E-state index in [2.05, 4.69) is 5.32 Å². The zero-order valence-corrected chi connectivity index (χ0v) is 16.3. The molecule has 1 fully saturated rings. The molecule has 154 valence electrons. The Morgan fingerprint density at radius 3 is 2.50 bits per heavy atom. The van der Waals surface area contributed by atoms with Gasteiger partial charge in [-0.25, -0.2) is 4.79 Å². The Kier molecular flexibility index (Phi) is 7.95. The lowest BCUT2D eigenvalue weighted by Crippen LogP contribution is -2.65. The van der Waals surface area contributed by atoms with Crippen LogP contribution >= 0.6 is 0 Å². The molecule has 8 nitrogen and oxygen atoms in total. The van der Waals surface area contributed by atoms with Crippen molar-refractivity contribution in [1.82, 2.24) is 10.2 Å². The first-order valence-corrected chi connectivity index (χ1v) is 9.57. The SMILES string of the molecule is CCCN(CCc1ccccc1)C(=O)[C@@H]1OC(C(=O)O)C[C@H](N)[C@H]1NC(C)=O. The lowest BCUT2D eigenvalue weighted by atomic mass is 9.92. The summed E-state index contributed by atoms with van der Waals surface area (Å²) < 4.78 is 5.59. The van der Waals surface area contributed by atoms with Gasteiger partial charge in [0.15, 0.2) is 12.2 Å². The zero-order chi connectivity index (χ0) is 20.7. The molecule has 0 bridgehead atoms. The summed E-state index contributed by atoms with van der Waals surface area (Å²) in [5.74, 6) is -1.86. The number of carbonyl (C=O) groups is 3. The molecular weight excluding hydrogens is 362 g/mol. The number of carbonyl (C=O) groups excluding carboxylic acids is 2. The number of nitrogens with zero attached hydrogens (tertiary/aromatic N) is 1. The molecule has 0 aliphatic carbocycles. The van der Waals surface area contributed by atoms with Gasteiger partial charge in [0, 0.05) is 32.5 Å². The molecule has 1 aliphatic heterocycles. The second kappa shape index (κ2) is 10.2. The van der Waals surface area contributed by atoms with Gasteiger partial charge in [-0.3, -0.25) is 9.59 Å². The number of hydrogen-bond donors (Lipinski definition) is 3. The number of hydrogen-bond acceptors (Lipinski definition) is 5. The average molecular weight is 391 g/mol. The number of carboxylic acids is 1. The summed E-state index contributed by atoms with van der Waals surface area (Å²) in [5, 5.41) is 12.0. The van der Waals surface area contributed by atoms with E-state index in [-0.39, 0.29) is 18.2 Å². The van der Waals surface area contributed by atoms with Crippen LogP contribution in [-0.2, 0) is 25.5 Å². The van der Waals surface area contributed by atoms with Crippen molar-refractivity contribution in [3.8, 4) is 0 Å². The van der Waals surface area contributed by atoms with Crippen LogP contribution in [-0.4, -0.2) is 65.2 Å². The van der Waals surface area contributed by atoms with Crippen molar-refractivity contribution in [3.63, 3.8) is 0 Å². The highest BCUT2D eigenvalue weighted by molar-refractivity contribution is 5.84. The minimum atomic E-state index is -1.17. The summed E-state index contributed by atoms with van der Waals surface area (Å²) in [6, 6.07) is 8.33. The van der Waals surface area contributed by atoms with E-state index in [9.17, 15) is 19.5 Å². The molecule has 2 rings (SSSR count). The van der Waals surface area contributed by atoms with E-state index in [0.29, 0.717) is 19.5 Å². The summed E-state index contributed by atoms with van der Waals surface area (Å²) in [5.41, 5.74) is 7.19. The normalized spacial score (nSPS) is 24.4. The van der Waals surface area contributed by atoms with E-state index in [4.69, 9.17) is 10.5 Å². The maximum atomic E-state index is 13.2. The minimum Gasteiger partial charge on any atom is -0.479 e. The van der Waals surface area contributed by atoms with Gasteiger partial charge in [0.2, 0.25) is 5.91 Å². The molecule has 1 saturated heterocycles. The van der Waals surface area contributed by atoms with E-state index >= 15 is 0 Å². The van der Waals surface area contributed by atoms with Crippen LogP contribution in [0.1, 0.15) is 32.3 Å². The van der Waals surface area contributed by atoms with Crippen LogP contribution < -0.4 is 11.1 Å². The third-order valence-corrected chi connectivity index (χ3v) is 4.79. The molecule has 8 heteroatoms. The largest absolute Gasteiger partial charge is 0.479 e. The number of nitrogens with two attached hydrogens (primary N) is 1. The van der Waals surface area contributed by atoms with Gasteiger partial charge in [-0.2, -0.15) is 0 Å². The van der Waals surface area contributed by atoms with Crippen LogP contribution in [0.2, 0.25) is 0 Å². The predicted octanol–water partition coefficient (Wildman–Crippen LogP) is 0.542. The Balaban J connectivity index is 2.18. The van der Waals surface area contributed by atoms with Crippen molar-refractivity contribution in [2.75, 3.05) is 13.1 Å². The molecule has 1 heterocycles. The van der Waals surface area contributed by atoms with Crippen molar-refractivity contribution < 1.29 is 24.2 Å². The molecule has 1 unspecified atom stereocenters. The number of rotatable bonds is 8. The topological polar surface area (TPSA) is 122 Å². The van der Waals surface area contributed by atoms with Gasteiger partial charge in [-0.1, -0.05) is 37.3 Å². The standard InChI is InChI=1S/C20H29N3O5/c1-3-10-23(11-9-14-7-5-4-6-8-14)19(25)18-17(22-13(2)24)15(21)12-16(28-18)20(26)27/h4-8,15-18H,3,9-12,21H2,1-2H3,(H,22,24)(H,26,27)/t15-,16?,17+,18+/m0/s1. The molecule has 4 atom stereocenters. The molecular formula is C20H29N3O5. The highest BCUT2D eigenvalue weighted by Gasteiger charge is 2.45. The molecule has 1 aromatic carbocycles. The van der Waals surface area contributed by atoms with Crippen LogP contribution in [0.5, 0.6) is 0 Å². The van der Waals surface area contributed by atoms with Gasteiger partial charge < -0.3 is 25.8 Å². The summed E-state index contributed by atoms with van der Waals surface area (Å²) >= 11 is 0. The number of aliphatic carboxylic acids is 1. The lowest BCUT2D eigenvalue weighted by molar-refractivity contribution is -0.172. The van der Waals surface area contributed by atoms with Crippen molar-refractivity contribution in [3.05, 3.63) is 35.9 Å².